The Balaban J connectivity index is 2.63. The van der Waals surface area contributed by atoms with Crippen molar-refractivity contribution in [2.45, 2.75) is 98.8 Å². The molecular weight excluding hydrogens is 725 g/mol. The van der Waals surface area contributed by atoms with Crippen LogP contribution in [0.4, 0.5) is 79.4 Å². The fourth-order valence-electron chi connectivity index (χ4n) is 3.75. The zero-order chi connectivity index (χ0) is 38.3. The SMILES string of the molecule is N[C@@H](CCCCNC(=O)OCc1ccccc1)C(=O)NCCCCC(F)(F)C(F)(F)C(F)(F)C(F)(F)C(F)(F)C(F)(F)C(F)(F)C(F)(F)F. The molecule has 0 aromatic heterocycles. The number of halogens is 17. The fraction of sp³-hybridized carbons (Fsp3) is 0.692. The van der Waals surface area contributed by atoms with Crippen molar-refractivity contribution in [3.05, 3.63) is 35.9 Å². The first kappa shape index (κ1) is 43.8. The van der Waals surface area contributed by atoms with Crippen LogP contribution in [-0.4, -0.2) is 78.8 Å². The number of rotatable bonds is 19. The Hall–Kier alpha value is -3.27. The van der Waals surface area contributed by atoms with Crippen LogP contribution < -0.4 is 16.4 Å². The van der Waals surface area contributed by atoms with Gasteiger partial charge < -0.3 is 21.1 Å². The Morgan fingerprint density at radius 2 is 1.06 bits per heavy atom. The number of ether oxygens (including phenoxy) is 1. The Labute approximate surface area is 265 Å². The Morgan fingerprint density at radius 1 is 0.612 bits per heavy atom. The number of alkyl carbamates (subject to hydrolysis) is 1. The molecule has 0 saturated carbocycles. The molecule has 0 unspecified atom stereocenters. The standard InChI is InChI=1S/C26H28F17N3O3/c27-19(28,20(29,30)21(31,32)22(33,34)23(35,36)24(37,38)25(39,40)26(41,42)43)11-5-7-12-45-17(47)16(44)10-4-6-13-46-18(48)49-14-15-8-2-1-3-9-15/h1-3,8-9,16H,4-7,10-14,44H2,(H,45,47)(H,46,48)/t16-/m0/s1. The topological polar surface area (TPSA) is 93.4 Å². The maximum atomic E-state index is 14.0. The third-order valence-corrected chi connectivity index (χ3v) is 6.76. The number of amides is 2. The molecular formula is C26H28F17N3O3. The van der Waals surface area contributed by atoms with Gasteiger partial charge in [0.25, 0.3) is 0 Å². The van der Waals surface area contributed by atoms with Gasteiger partial charge in [-0.1, -0.05) is 30.3 Å². The van der Waals surface area contributed by atoms with Gasteiger partial charge in [-0.2, -0.15) is 74.6 Å². The smallest absolute Gasteiger partial charge is 0.445 e. The van der Waals surface area contributed by atoms with E-state index in [9.17, 15) is 84.2 Å². The molecule has 0 fully saturated rings. The molecule has 2 amide bonds. The van der Waals surface area contributed by atoms with Crippen molar-refractivity contribution in [1.82, 2.24) is 10.6 Å². The number of unbranched alkanes of at least 4 members (excludes halogenated alkanes) is 2. The molecule has 0 bridgehead atoms. The lowest BCUT2D eigenvalue weighted by Gasteiger charge is -2.42. The van der Waals surface area contributed by atoms with Crippen LogP contribution in [0.3, 0.4) is 0 Å². The molecule has 0 saturated heterocycles. The molecule has 1 aromatic carbocycles. The van der Waals surface area contributed by atoms with Crippen molar-refractivity contribution in [2.24, 2.45) is 5.73 Å². The lowest BCUT2D eigenvalue weighted by Crippen LogP contribution is -2.74. The van der Waals surface area contributed by atoms with E-state index >= 15 is 0 Å². The maximum Gasteiger partial charge on any atom is 0.460 e. The Kier molecular flexibility index (Phi) is 14.0. The molecule has 284 valence electrons. The van der Waals surface area contributed by atoms with Crippen LogP contribution in [-0.2, 0) is 16.1 Å². The molecule has 1 aromatic rings. The quantitative estimate of drug-likeness (QED) is 0.0998. The molecule has 0 aliphatic heterocycles. The van der Waals surface area contributed by atoms with Gasteiger partial charge in [-0.25, -0.2) is 4.79 Å². The van der Waals surface area contributed by atoms with E-state index in [1.165, 1.54) is 0 Å². The summed E-state index contributed by atoms with van der Waals surface area (Å²) in [6, 6.07) is 7.39. The van der Waals surface area contributed by atoms with Crippen LogP contribution >= 0.6 is 0 Å². The number of carbonyl (C=O) groups is 2. The van der Waals surface area contributed by atoms with E-state index in [0.29, 0.717) is 6.42 Å². The Bertz CT molecular complexity index is 1230. The minimum atomic E-state index is -8.67. The molecule has 6 nitrogen and oxygen atoms in total. The minimum absolute atomic E-state index is 0.00127. The Morgan fingerprint density at radius 3 is 1.57 bits per heavy atom. The molecule has 0 aliphatic carbocycles. The van der Waals surface area contributed by atoms with Crippen LogP contribution in [0.15, 0.2) is 30.3 Å². The molecule has 49 heavy (non-hydrogen) atoms. The number of nitrogens with two attached hydrogens (primary N) is 1. The van der Waals surface area contributed by atoms with Gasteiger partial charge in [0.15, 0.2) is 0 Å². The van der Waals surface area contributed by atoms with E-state index in [1.807, 2.05) is 5.32 Å². The average Bonchev–Trinajstić information content (AvgIpc) is 2.98. The highest BCUT2D eigenvalue weighted by molar-refractivity contribution is 5.81. The highest BCUT2D eigenvalue weighted by Crippen LogP contribution is 2.64. The molecule has 23 heteroatoms. The second-order valence-electron chi connectivity index (χ2n) is 10.5. The molecule has 1 rings (SSSR count). The van der Waals surface area contributed by atoms with Crippen molar-refractivity contribution in [3.63, 3.8) is 0 Å². The summed E-state index contributed by atoms with van der Waals surface area (Å²) in [6.07, 6.45) is -12.8. The second-order valence-corrected chi connectivity index (χ2v) is 10.5. The summed E-state index contributed by atoms with van der Waals surface area (Å²) in [7, 11) is 0. The largest absolute Gasteiger partial charge is 0.460 e. The number of carbonyl (C=O) groups excluding carboxylic acids is 2. The minimum Gasteiger partial charge on any atom is -0.445 e. The number of hydrogen-bond donors (Lipinski definition) is 3. The number of benzene rings is 1. The van der Waals surface area contributed by atoms with E-state index in [1.54, 1.807) is 30.3 Å². The zero-order valence-corrected chi connectivity index (χ0v) is 24.6. The maximum absolute atomic E-state index is 14.0. The highest BCUT2D eigenvalue weighted by Gasteiger charge is 2.95. The second kappa shape index (κ2) is 15.7. The van der Waals surface area contributed by atoms with Crippen LogP contribution in [0.2, 0.25) is 0 Å². The molecule has 0 radical (unpaired) electrons. The number of hydrogen-bond acceptors (Lipinski definition) is 4. The summed E-state index contributed by atoms with van der Waals surface area (Å²) in [6.45, 7) is -0.586. The average molecular weight is 753 g/mol. The summed E-state index contributed by atoms with van der Waals surface area (Å²) in [5, 5.41) is 4.44. The van der Waals surface area contributed by atoms with Crippen LogP contribution in [0.25, 0.3) is 0 Å². The predicted octanol–water partition coefficient (Wildman–Crippen LogP) is 7.71. The van der Waals surface area contributed by atoms with Gasteiger partial charge in [0.1, 0.15) is 6.61 Å². The molecule has 1 atom stereocenters. The van der Waals surface area contributed by atoms with Crippen LogP contribution in [0.5, 0.6) is 0 Å². The summed E-state index contributed by atoms with van der Waals surface area (Å²) >= 11 is 0. The molecule has 4 N–H and O–H groups in total. The van der Waals surface area contributed by atoms with Crippen molar-refractivity contribution in [1.29, 1.82) is 0 Å². The molecule has 0 heterocycles. The third-order valence-electron chi connectivity index (χ3n) is 6.76. The van der Waals surface area contributed by atoms with Gasteiger partial charge in [-0.05, 0) is 37.7 Å². The van der Waals surface area contributed by atoms with E-state index in [-0.39, 0.29) is 26.0 Å². The van der Waals surface area contributed by atoms with Crippen molar-refractivity contribution in [2.75, 3.05) is 13.1 Å². The van der Waals surface area contributed by atoms with Crippen LogP contribution in [0, 0.1) is 0 Å². The number of nitrogens with one attached hydrogen (secondary N) is 2. The first-order valence-electron chi connectivity index (χ1n) is 13.7. The number of alkyl halides is 17. The summed E-state index contributed by atoms with van der Waals surface area (Å²) < 4.78 is 231. The van der Waals surface area contributed by atoms with Gasteiger partial charge >= 0.3 is 53.7 Å². The normalized spacial score (nSPS) is 14.7. The van der Waals surface area contributed by atoms with E-state index in [2.05, 4.69) is 5.32 Å². The van der Waals surface area contributed by atoms with Gasteiger partial charge in [0, 0.05) is 19.5 Å². The van der Waals surface area contributed by atoms with E-state index in [4.69, 9.17) is 10.5 Å². The summed E-state index contributed by atoms with van der Waals surface area (Å²) in [5.74, 6) is -57.5. The monoisotopic (exact) mass is 753 g/mol. The van der Waals surface area contributed by atoms with Crippen LogP contribution in [0.1, 0.15) is 44.1 Å². The lowest BCUT2D eigenvalue weighted by atomic mass is 9.88. The lowest BCUT2D eigenvalue weighted by molar-refractivity contribution is -0.461. The summed E-state index contributed by atoms with van der Waals surface area (Å²) in [5.41, 5.74) is 6.32. The van der Waals surface area contributed by atoms with Crippen molar-refractivity contribution in [3.8, 4) is 0 Å². The highest BCUT2D eigenvalue weighted by atomic mass is 19.4. The summed E-state index contributed by atoms with van der Waals surface area (Å²) in [4.78, 5) is 23.6. The van der Waals surface area contributed by atoms with Gasteiger partial charge in [0.2, 0.25) is 5.91 Å². The third kappa shape index (κ3) is 9.30. The van der Waals surface area contributed by atoms with Gasteiger partial charge in [0.05, 0.1) is 6.04 Å². The first-order chi connectivity index (χ1) is 22.0. The van der Waals surface area contributed by atoms with Crippen molar-refractivity contribution < 1.29 is 89.0 Å². The van der Waals surface area contributed by atoms with E-state index in [0.717, 1.165) is 5.56 Å². The van der Waals surface area contributed by atoms with Crippen molar-refractivity contribution >= 4 is 12.0 Å². The predicted molar refractivity (Wildman–Crippen MR) is 134 cm³/mol. The van der Waals surface area contributed by atoms with E-state index < -0.39 is 91.5 Å². The van der Waals surface area contributed by atoms with Gasteiger partial charge in [-0.3, -0.25) is 4.79 Å². The first-order valence-corrected chi connectivity index (χ1v) is 13.7. The zero-order valence-electron chi connectivity index (χ0n) is 24.6. The fourth-order valence-corrected chi connectivity index (χ4v) is 3.75. The molecule has 0 aliphatic rings. The molecule has 0 spiro atoms. The van der Waals surface area contributed by atoms with Gasteiger partial charge in [-0.15, -0.1) is 0 Å².